The van der Waals surface area contributed by atoms with E-state index < -0.39 is 22.5 Å². The molecule has 3 N–H and O–H groups in total. The normalized spacial score (nSPS) is 11.4. The first-order valence-corrected chi connectivity index (χ1v) is 6.01. The topological polar surface area (TPSA) is 113 Å². The van der Waals surface area contributed by atoms with Crippen molar-refractivity contribution in [3.8, 4) is 0 Å². The van der Waals surface area contributed by atoms with Crippen LogP contribution in [-0.4, -0.2) is 31.3 Å². The van der Waals surface area contributed by atoms with Crippen LogP contribution in [0.3, 0.4) is 0 Å². The quantitative estimate of drug-likeness (QED) is 0.492. The van der Waals surface area contributed by atoms with E-state index >= 15 is 0 Å². The Morgan fingerprint density at radius 1 is 1.29 bits per heavy atom. The number of aliphatic carboxylic acids is 1. The van der Waals surface area contributed by atoms with Crippen molar-refractivity contribution in [2.75, 3.05) is 6.54 Å². The van der Waals surface area contributed by atoms with Crippen molar-refractivity contribution in [3.05, 3.63) is 29.8 Å². The Balaban J connectivity index is 2.81. The monoisotopic (exact) mass is 261 g/mol. The summed E-state index contributed by atoms with van der Waals surface area (Å²) in [6, 6.07) is 5.48. The lowest BCUT2D eigenvalue weighted by Crippen LogP contribution is -2.29. The smallest absolute Gasteiger partial charge is 0.318 e. The van der Waals surface area contributed by atoms with E-state index in [0.717, 1.165) is 0 Å². The van der Waals surface area contributed by atoms with E-state index in [9.17, 15) is 13.2 Å². The molecule has 0 aliphatic carbocycles. The van der Waals surface area contributed by atoms with Gasteiger partial charge in [-0.05, 0) is 17.7 Å². The Bertz CT molecular complexity index is 481. The van der Waals surface area contributed by atoms with Crippen LogP contribution in [0, 0.1) is 0 Å². The molecule has 1 rings (SSSR count). The summed E-state index contributed by atoms with van der Waals surface area (Å²) in [5.41, 5.74) is 0.588. The van der Waals surface area contributed by atoms with Gasteiger partial charge < -0.3 is 5.11 Å². The van der Waals surface area contributed by atoms with E-state index in [-0.39, 0.29) is 11.5 Å². The summed E-state index contributed by atoms with van der Waals surface area (Å²) in [6.07, 6.45) is 0. The first-order valence-electron chi connectivity index (χ1n) is 4.52. The Morgan fingerprint density at radius 2 is 1.88 bits per heavy atom. The fourth-order valence-electron chi connectivity index (χ4n) is 1.08. The molecule has 17 heavy (non-hydrogen) atoms. The molecule has 1 aromatic rings. The highest BCUT2D eigenvalue weighted by molar-refractivity contribution is 7.89. The van der Waals surface area contributed by atoms with E-state index in [4.69, 9.17) is 10.4 Å². The molecule has 0 aromatic heterocycles. The lowest BCUT2D eigenvalue weighted by Gasteiger charge is -2.05. The van der Waals surface area contributed by atoms with Gasteiger partial charge in [-0.1, -0.05) is 12.1 Å². The van der Waals surface area contributed by atoms with Gasteiger partial charge in [0.05, 0.1) is 4.90 Å². The molecule has 7 nitrogen and oxygen atoms in total. The number of carboxylic acids is 1. The average molecular weight is 261 g/mol. The second-order valence-electron chi connectivity index (χ2n) is 3.14. The third kappa shape index (κ3) is 4.11. The molecular weight excluding hydrogens is 250 g/mol. The van der Waals surface area contributed by atoms with Crippen LogP contribution in [0.5, 0.6) is 0 Å². The Kier molecular flexibility index (Phi) is 4.58. The third-order valence-corrected chi connectivity index (χ3v) is 3.30. The zero-order valence-corrected chi connectivity index (χ0v) is 9.48. The molecule has 94 valence electrons. The molecule has 0 unspecified atom stereocenters. The lowest BCUT2D eigenvalue weighted by molar-refractivity contribution is -0.253. The summed E-state index contributed by atoms with van der Waals surface area (Å²) >= 11 is 0. The highest BCUT2D eigenvalue weighted by Crippen LogP contribution is 2.10. The van der Waals surface area contributed by atoms with Gasteiger partial charge in [0.15, 0.2) is 0 Å². The molecular formula is C9H11NO6S. The Hall–Kier alpha value is -1.48. The first kappa shape index (κ1) is 13.6. The van der Waals surface area contributed by atoms with Gasteiger partial charge in [-0.3, -0.25) is 10.1 Å². The van der Waals surface area contributed by atoms with Gasteiger partial charge in [0.25, 0.3) is 0 Å². The van der Waals surface area contributed by atoms with Crippen molar-refractivity contribution in [1.29, 1.82) is 0 Å². The molecule has 0 fully saturated rings. The van der Waals surface area contributed by atoms with E-state index in [0.29, 0.717) is 5.56 Å². The molecule has 0 saturated carbocycles. The van der Waals surface area contributed by atoms with Gasteiger partial charge in [0.1, 0.15) is 13.2 Å². The molecule has 0 bridgehead atoms. The molecule has 0 spiro atoms. The van der Waals surface area contributed by atoms with Crippen LogP contribution in [0.2, 0.25) is 0 Å². The molecule has 0 aliphatic rings. The van der Waals surface area contributed by atoms with Crippen molar-refractivity contribution in [3.63, 3.8) is 0 Å². The van der Waals surface area contributed by atoms with Crippen molar-refractivity contribution in [1.82, 2.24) is 4.72 Å². The summed E-state index contributed by atoms with van der Waals surface area (Å²) < 4.78 is 25.0. The molecule has 1 aromatic carbocycles. The zero-order chi connectivity index (χ0) is 12.9. The summed E-state index contributed by atoms with van der Waals surface area (Å²) in [5, 5.41) is 16.6. The summed E-state index contributed by atoms with van der Waals surface area (Å²) in [7, 11) is -3.82. The van der Waals surface area contributed by atoms with E-state index in [2.05, 4.69) is 4.89 Å². The van der Waals surface area contributed by atoms with Crippen LogP contribution in [0.25, 0.3) is 0 Å². The van der Waals surface area contributed by atoms with Crippen molar-refractivity contribution in [2.45, 2.75) is 11.5 Å². The van der Waals surface area contributed by atoms with E-state index in [1.807, 2.05) is 4.72 Å². The molecule has 0 heterocycles. The number of nitrogens with one attached hydrogen (secondary N) is 1. The van der Waals surface area contributed by atoms with Gasteiger partial charge in [-0.25, -0.2) is 13.3 Å². The second kappa shape index (κ2) is 5.73. The number of hydrogen-bond acceptors (Lipinski definition) is 5. The van der Waals surface area contributed by atoms with Crippen LogP contribution < -0.4 is 4.72 Å². The standard InChI is InChI=1S/C9H11NO6S/c11-9(12)5-10-17(14,15)8-3-1-7(2-4-8)6-16-13/h1-4,10,13H,5-6H2,(H,11,12). The van der Waals surface area contributed by atoms with Crippen LogP contribution in [0.4, 0.5) is 0 Å². The zero-order valence-electron chi connectivity index (χ0n) is 8.66. The first-order chi connectivity index (χ1) is 7.95. The summed E-state index contributed by atoms with van der Waals surface area (Å²) in [5.74, 6) is -1.26. The molecule has 0 radical (unpaired) electrons. The Morgan fingerprint density at radius 3 is 2.35 bits per heavy atom. The SMILES string of the molecule is O=C(O)CNS(=O)(=O)c1ccc(COO)cc1. The van der Waals surface area contributed by atoms with E-state index in [1.54, 1.807) is 0 Å². The number of carboxylic acid groups (broad SMARTS) is 1. The van der Waals surface area contributed by atoms with Crippen LogP contribution in [-0.2, 0) is 26.3 Å². The van der Waals surface area contributed by atoms with Crippen LogP contribution in [0.1, 0.15) is 5.56 Å². The highest BCUT2D eigenvalue weighted by Gasteiger charge is 2.14. The summed E-state index contributed by atoms with van der Waals surface area (Å²) in [6.45, 7) is -0.729. The van der Waals surface area contributed by atoms with E-state index in [1.165, 1.54) is 24.3 Å². The molecule has 0 aliphatic heterocycles. The van der Waals surface area contributed by atoms with Gasteiger partial charge in [0.2, 0.25) is 10.0 Å². The van der Waals surface area contributed by atoms with Gasteiger partial charge >= 0.3 is 5.97 Å². The maximum Gasteiger partial charge on any atom is 0.318 e. The average Bonchev–Trinajstić information content (AvgIpc) is 2.28. The maximum atomic E-state index is 11.6. The minimum Gasteiger partial charge on any atom is -0.480 e. The fraction of sp³-hybridized carbons (Fsp3) is 0.222. The largest absolute Gasteiger partial charge is 0.480 e. The number of sulfonamides is 1. The second-order valence-corrected chi connectivity index (χ2v) is 4.90. The van der Waals surface area contributed by atoms with Gasteiger partial charge in [0, 0.05) is 0 Å². The molecule has 0 atom stereocenters. The maximum absolute atomic E-state index is 11.6. The van der Waals surface area contributed by atoms with Crippen molar-refractivity contribution in [2.24, 2.45) is 0 Å². The Labute approximate surface area is 97.6 Å². The van der Waals surface area contributed by atoms with Crippen molar-refractivity contribution >= 4 is 16.0 Å². The number of carbonyl (C=O) groups is 1. The minimum atomic E-state index is -3.82. The van der Waals surface area contributed by atoms with Crippen molar-refractivity contribution < 1.29 is 28.5 Å². The van der Waals surface area contributed by atoms with Gasteiger partial charge in [-0.2, -0.15) is 4.72 Å². The third-order valence-electron chi connectivity index (χ3n) is 1.88. The van der Waals surface area contributed by atoms with Crippen LogP contribution >= 0.6 is 0 Å². The number of rotatable bonds is 6. The lowest BCUT2D eigenvalue weighted by atomic mass is 10.2. The predicted octanol–water partition coefficient (Wildman–Crippen LogP) is 0.0391. The minimum absolute atomic E-state index is 0.0527. The molecule has 8 heteroatoms. The summed E-state index contributed by atoms with van der Waals surface area (Å²) in [4.78, 5) is 14.1. The fourth-order valence-corrected chi connectivity index (χ4v) is 2.05. The molecule has 0 amide bonds. The van der Waals surface area contributed by atoms with Gasteiger partial charge in [-0.15, -0.1) is 0 Å². The number of hydrogen-bond donors (Lipinski definition) is 3. The predicted molar refractivity (Wildman–Crippen MR) is 56.7 cm³/mol. The number of benzene rings is 1. The molecule has 0 saturated heterocycles. The van der Waals surface area contributed by atoms with Crippen LogP contribution in [0.15, 0.2) is 29.2 Å². The highest BCUT2D eigenvalue weighted by atomic mass is 32.2.